The van der Waals surface area contributed by atoms with Crippen molar-refractivity contribution in [1.82, 2.24) is 9.71 Å². The molecule has 0 radical (unpaired) electrons. The predicted molar refractivity (Wildman–Crippen MR) is 73.1 cm³/mol. The van der Waals surface area contributed by atoms with Crippen molar-refractivity contribution in [2.24, 2.45) is 17.8 Å². The van der Waals surface area contributed by atoms with Crippen molar-refractivity contribution < 1.29 is 8.42 Å². The van der Waals surface area contributed by atoms with Crippen molar-refractivity contribution in [2.75, 3.05) is 6.54 Å². The lowest BCUT2D eigenvalue weighted by Crippen LogP contribution is -2.31. The first kappa shape index (κ1) is 13.5. The van der Waals surface area contributed by atoms with Gasteiger partial charge in [0, 0.05) is 12.7 Å². The molecule has 1 N–H and O–H groups in total. The highest BCUT2D eigenvalue weighted by Gasteiger charge is 2.41. The SMILES string of the molecule is N#Cc1ncccc1S(=O)(=O)NCC(C1CC1)C1CC1. The Morgan fingerprint density at radius 1 is 1.35 bits per heavy atom. The third-order valence-corrected chi connectivity index (χ3v) is 5.59. The minimum atomic E-state index is -3.64. The standard InChI is InChI=1S/C14H17N3O2S/c15-8-13-14(2-1-7-16-13)20(18,19)17-9-12(10-3-4-10)11-5-6-11/h1-2,7,10-12,17H,3-6,9H2. The first-order valence-corrected chi connectivity index (χ1v) is 8.45. The molecule has 0 atom stereocenters. The molecule has 0 bridgehead atoms. The van der Waals surface area contributed by atoms with Crippen molar-refractivity contribution in [3.05, 3.63) is 24.0 Å². The fourth-order valence-corrected chi connectivity index (χ4v) is 3.92. The smallest absolute Gasteiger partial charge is 0.243 e. The van der Waals surface area contributed by atoms with E-state index in [1.807, 2.05) is 6.07 Å². The lowest BCUT2D eigenvalue weighted by Gasteiger charge is -2.16. The maximum atomic E-state index is 12.3. The largest absolute Gasteiger partial charge is 0.244 e. The minimum absolute atomic E-state index is 0.0205. The highest BCUT2D eigenvalue weighted by Crippen LogP contribution is 2.48. The Morgan fingerprint density at radius 3 is 2.55 bits per heavy atom. The average molecular weight is 291 g/mol. The van der Waals surface area contributed by atoms with Gasteiger partial charge in [-0.2, -0.15) is 5.26 Å². The second-order valence-corrected chi connectivity index (χ2v) is 7.39. The van der Waals surface area contributed by atoms with E-state index in [0.717, 1.165) is 0 Å². The van der Waals surface area contributed by atoms with Crippen LogP contribution in [0.2, 0.25) is 0 Å². The van der Waals surface area contributed by atoms with Gasteiger partial charge in [0.2, 0.25) is 10.0 Å². The summed E-state index contributed by atoms with van der Waals surface area (Å²) in [5.74, 6) is 1.84. The number of nitriles is 1. The Balaban J connectivity index is 1.73. The lowest BCUT2D eigenvalue weighted by molar-refractivity contribution is 0.401. The van der Waals surface area contributed by atoms with Crippen LogP contribution in [0, 0.1) is 29.1 Å². The average Bonchev–Trinajstić information content (AvgIpc) is 3.32. The maximum absolute atomic E-state index is 12.3. The summed E-state index contributed by atoms with van der Waals surface area (Å²) < 4.78 is 27.3. The molecule has 0 saturated heterocycles. The van der Waals surface area contributed by atoms with Crippen molar-refractivity contribution in [3.8, 4) is 6.07 Å². The fourth-order valence-electron chi connectivity index (χ4n) is 2.74. The number of aromatic nitrogens is 1. The molecule has 1 aromatic heterocycles. The quantitative estimate of drug-likeness (QED) is 0.864. The number of sulfonamides is 1. The van der Waals surface area contributed by atoms with E-state index in [1.165, 1.54) is 44.0 Å². The molecule has 2 aliphatic carbocycles. The normalized spacial score (nSPS) is 19.0. The molecule has 106 valence electrons. The third-order valence-electron chi connectivity index (χ3n) is 4.13. The van der Waals surface area contributed by atoms with Gasteiger partial charge in [-0.1, -0.05) is 0 Å². The molecule has 0 unspecified atom stereocenters. The van der Waals surface area contributed by atoms with Gasteiger partial charge in [0.05, 0.1) is 0 Å². The number of hydrogen-bond donors (Lipinski definition) is 1. The van der Waals surface area contributed by atoms with Gasteiger partial charge in [0.15, 0.2) is 5.69 Å². The van der Waals surface area contributed by atoms with Crippen LogP contribution in [0.25, 0.3) is 0 Å². The molecule has 1 heterocycles. The molecule has 5 nitrogen and oxygen atoms in total. The van der Waals surface area contributed by atoms with E-state index < -0.39 is 10.0 Å². The van der Waals surface area contributed by atoms with Crippen LogP contribution in [0.5, 0.6) is 0 Å². The number of nitrogens with one attached hydrogen (secondary N) is 1. The Bertz CT molecular complexity index is 631. The second kappa shape index (κ2) is 5.15. The van der Waals surface area contributed by atoms with Crippen molar-refractivity contribution >= 4 is 10.0 Å². The van der Waals surface area contributed by atoms with E-state index in [0.29, 0.717) is 24.3 Å². The third kappa shape index (κ3) is 2.84. The van der Waals surface area contributed by atoms with Crippen molar-refractivity contribution in [3.63, 3.8) is 0 Å². The van der Waals surface area contributed by atoms with Crippen molar-refractivity contribution in [1.29, 1.82) is 5.26 Å². The van der Waals surface area contributed by atoms with Crippen LogP contribution in [0.3, 0.4) is 0 Å². The molecule has 6 heteroatoms. The predicted octanol–water partition coefficient (Wildman–Crippen LogP) is 1.67. The van der Waals surface area contributed by atoms with Crippen LogP contribution >= 0.6 is 0 Å². The van der Waals surface area contributed by atoms with E-state index in [1.54, 1.807) is 0 Å². The summed E-state index contributed by atoms with van der Waals surface area (Å²) in [6.07, 6.45) is 6.31. The zero-order valence-electron chi connectivity index (χ0n) is 11.1. The summed E-state index contributed by atoms with van der Waals surface area (Å²) in [4.78, 5) is 3.78. The summed E-state index contributed by atoms with van der Waals surface area (Å²) >= 11 is 0. The first-order valence-electron chi connectivity index (χ1n) is 6.96. The van der Waals surface area contributed by atoms with E-state index in [-0.39, 0.29) is 10.6 Å². The number of hydrogen-bond acceptors (Lipinski definition) is 4. The van der Waals surface area contributed by atoms with Gasteiger partial charge >= 0.3 is 0 Å². The highest BCUT2D eigenvalue weighted by molar-refractivity contribution is 7.89. The highest BCUT2D eigenvalue weighted by atomic mass is 32.2. The Hall–Kier alpha value is -1.45. The zero-order valence-corrected chi connectivity index (χ0v) is 11.9. The summed E-state index contributed by atoms with van der Waals surface area (Å²) in [6, 6.07) is 4.79. The summed E-state index contributed by atoms with van der Waals surface area (Å²) in [5.41, 5.74) is -0.0469. The molecule has 2 saturated carbocycles. The van der Waals surface area contributed by atoms with Crippen LogP contribution in [-0.4, -0.2) is 19.9 Å². The molecule has 3 rings (SSSR count). The molecule has 0 amide bonds. The van der Waals surface area contributed by atoms with Crippen molar-refractivity contribution in [2.45, 2.75) is 30.6 Å². The lowest BCUT2D eigenvalue weighted by atomic mass is 9.99. The van der Waals surface area contributed by atoms with Gasteiger partial charge in [-0.25, -0.2) is 18.1 Å². The molecule has 0 spiro atoms. The van der Waals surface area contributed by atoms with Crippen LogP contribution < -0.4 is 4.72 Å². The van der Waals surface area contributed by atoms with Gasteiger partial charge in [0.1, 0.15) is 11.0 Å². The van der Waals surface area contributed by atoms with Crippen LogP contribution in [-0.2, 0) is 10.0 Å². The van der Waals surface area contributed by atoms with Gasteiger partial charge in [0.25, 0.3) is 0 Å². The molecule has 20 heavy (non-hydrogen) atoms. The van der Waals surface area contributed by atoms with Gasteiger partial charge < -0.3 is 0 Å². The zero-order chi connectivity index (χ0) is 14.2. The molecule has 2 aliphatic rings. The van der Waals surface area contributed by atoms with E-state index in [9.17, 15) is 8.42 Å². The summed E-state index contributed by atoms with van der Waals surface area (Å²) in [7, 11) is -3.64. The molecule has 0 aliphatic heterocycles. The maximum Gasteiger partial charge on any atom is 0.243 e. The fraction of sp³-hybridized carbons (Fsp3) is 0.571. The Morgan fingerprint density at radius 2 is 2.00 bits per heavy atom. The molecule has 0 aromatic carbocycles. The summed E-state index contributed by atoms with van der Waals surface area (Å²) in [6.45, 7) is 0.484. The Kier molecular flexibility index (Phi) is 3.48. The topological polar surface area (TPSA) is 82.8 Å². The molecule has 2 fully saturated rings. The van der Waals surface area contributed by atoms with Crippen LogP contribution in [0.15, 0.2) is 23.2 Å². The van der Waals surface area contributed by atoms with Gasteiger partial charge in [-0.05, 0) is 55.6 Å². The first-order chi connectivity index (χ1) is 9.62. The molecular weight excluding hydrogens is 274 g/mol. The van der Waals surface area contributed by atoms with Gasteiger partial charge in [-0.3, -0.25) is 0 Å². The Labute approximate surface area is 119 Å². The number of rotatable bonds is 6. The second-order valence-electron chi connectivity index (χ2n) is 5.65. The van der Waals surface area contributed by atoms with E-state index >= 15 is 0 Å². The monoisotopic (exact) mass is 291 g/mol. The van der Waals surface area contributed by atoms with E-state index in [2.05, 4.69) is 9.71 Å². The summed E-state index contributed by atoms with van der Waals surface area (Å²) in [5, 5.41) is 8.95. The van der Waals surface area contributed by atoms with Gasteiger partial charge in [-0.15, -0.1) is 0 Å². The molecule has 1 aromatic rings. The molecular formula is C14H17N3O2S. The van der Waals surface area contributed by atoms with E-state index in [4.69, 9.17) is 5.26 Å². The van der Waals surface area contributed by atoms with Crippen LogP contribution in [0.1, 0.15) is 31.4 Å². The number of nitrogens with zero attached hydrogens (tertiary/aromatic N) is 2. The minimum Gasteiger partial charge on any atom is -0.244 e. The van der Waals surface area contributed by atoms with Crippen LogP contribution in [0.4, 0.5) is 0 Å². The number of pyridine rings is 1.